The minimum Gasteiger partial charge on any atom is -0.497 e. The molecule has 9 heteroatoms. The van der Waals surface area contributed by atoms with Crippen LogP contribution in [0.3, 0.4) is 0 Å². The zero-order valence-electron chi connectivity index (χ0n) is 16.3. The van der Waals surface area contributed by atoms with E-state index in [0.29, 0.717) is 36.0 Å². The van der Waals surface area contributed by atoms with Crippen molar-refractivity contribution in [2.24, 2.45) is 0 Å². The second-order valence-corrected chi connectivity index (χ2v) is 6.24. The summed E-state index contributed by atoms with van der Waals surface area (Å²) in [5.41, 5.74) is 1.30. The number of rotatable bonds is 9. The molecule has 154 valence electrons. The molecular formula is C20H21F2N3O4. The van der Waals surface area contributed by atoms with Gasteiger partial charge in [0.25, 0.3) is 0 Å². The summed E-state index contributed by atoms with van der Waals surface area (Å²) < 4.78 is 45.6. The summed E-state index contributed by atoms with van der Waals surface area (Å²) in [5, 5.41) is 3.89. The maximum atomic E-state index is 12.6. The molecule has 0 spiro atoms. The number of alkyl halides is 2. The molecule has 0 aliphatic rings. The summed E-state index contributed by atoms with van der Waals surface area (Å²) in [7, 11) is 5.08. The predicted octanol–water partition coefficient (Wildman–Crippen LogP) is 3.99. The Morgan fingerprint density at radius 2 is 1.83 bits per heavy atom. The van der Waals surface area contributed by atoms with E-state index in [2.05, 4.69) is 14.9 Å². The average Bonchev–Trinajstić information content (AvgIpc) is 3.16. The van der Waals surface area contributed by atoms with Crippen molar-refractivity contribution in [3.8, 4) is 28.6 Å². The van der Waals surface area contributed by atoms with Gasteiger partial charge in [-0.3, -0.25) is 4.90 Å². The molecule has 0 amide bonds. The minimum absolute atomic E-state index is 0.00817. The number of methoxy groups -OCH3 is 2. The molecule has 2 aromatic carbocycles. The highest BCUT2D eigenvalue weighted by molar-refractivity contribution is 5.63. The summed E-state index contributed by atoms with van der Waals surface area (Å²) in [6, 6.07) is 11.9. The summed E-state index contributed by atoms with van der Waals surface area (Å²) in [6.07, 6.45) is 0. The monoisotopic (exact) mass is 405 g/mol. The van der Waals surface area contributed by atoms with Gasteiger partial charge in [-0.05, 0) is 25.2 Å². The molecule has 1 aromatic heterocycles. The maximum absolute atomic E-state index is 12.6. The van der Waals surface area contributed by atoms with Gasteiger partial charge < -0.3 is 18.7 Å². The lowest BCUT2D eigenvalue weighted by Gasteiger charge is -2.17. The van der Waals surface area contributed by atoms with E-state index < -0.39 is 6.61 Å². The third-order valence-electron chi connectivity index (χ3n) is 4.15. The maximum Gasteiger partial charge on any atom is 0.387 e. The summed E-state index contributed by atoms with van der Waals surface area (Å²) in [4.78, 5) is 6.27. The van der Waals surface area contributed by atoms with Gasteiger partial charge >= 0.3 is 6.61 Å². The lowest BCUT2D eigenvalue weighted by atomic mass is 10.2. The van der Waals surface area contributed by atoms with Crippen LogP contribution in [0.4, 0.5) is 8.78 Å². The Kier molecular flexibility index (Phi) is 6.61. The smallest absolute Gasteiger partial charge is 0.387 e. The SMILES string of the molecule is COc1ccc(CN(C)Cc2nc(-c3ccccc3OC(F)F)no2)c(OC)c1. The highest BCUT2D eigenvalue weighted by atomic mass is 19.3. The number of para-hydroxylation sites is 1. The van der Waals surface area contributed by atoms with Crippen LogP contribution in [0.2, 0.25) is 0 Å². The number of hydrogen-bond acceptors (Lipinski definition) is 7. The van der Waals surface area contributed by atoms with Gasteiger partial charge in [-0.1, -0.05) is 23.4 Å². The van der Waals surface area contributed by atoms with E-state index in [0.717, 1.165) is 5.56 Å². The van der Waals surface area contributed by atoms with Gasteiger partial charge in [0.05, 0.1) is 26.3 Å². The fraction of sp³-hybridized carbons (Fsp3) is 0.300. The highest BCUT2D eigenvalue weighted by Gasteiger charge is 2.17. The molecule has 0 fully saturated rings. The molecule has 3 rings (SSSR count). The molecule has 0 N–H and O–H groups in total. The molecule has 0 saturated carbocycles. The van der Waals surface area contributed by atoms with Crippen molar-refractivity contribution in [2.75, 3.05) is 21.3 Å². The fourth-order valence-corrected chi connectivity index (χ4v) is 2.84. The molecule has 3 aromatic rings. The van der Waals surface area contributed by atoms with Crippen LogP contribution in [0, 0.1) is 0 Å². The van der Waals surface area contributed by atoms with Crippen molar-refractivity contribution < 1.29 is 27.5 Å². The number of benzene rings is 2. The first-order valence-electron chi connectivity index (χ1n) is 8.76. The Balaban J connectivity index is 1.71. The molecule has 0 bridgehead atoms. The standard InChI is InChI=1S/C20H21F2N3O4/c1-25(11-13-8-9-14(26-2)10-17(13)27-3)12-18-23-19(24-29-18)15-6-4-5-7-16(15)28-20(21)22/h4-10,20H,11-12H2,1-3H3. The second-order valence-electron chi connectivity index (χ2n) is 6.24. The minimum atomic E-state index is -2.94. The molecule has 0 aliphatic carbocycles. The molecule has 0 atom stereocenters. The Morgan fingerprint density at radius 3 is 2.55 bits per heavy atom. The van der Waals surface area contributed by atoms with E-state index in [1.807, 2.05) is 30.1 Å². The Hall–Kier alpha value is -3.20. The Morgan fingerprint density at radius 1 is 1.03 bits per heavy atom. The van der Waals surface area contributed by atoms with E-state index >= 15 is 0 Å². The van der Waals surface area contributed by atoms with Gasteiger partial charge in [-0.15, -0.1) is 0 Å². The average molecular weight is 405 g/mol. The van der Waals surface area contributed by atoms with Gasteiger partial charge in [0.15, 0.2) is 0 Å². The van der Waals surface area contributed by atoms with E-state index in [1.165, 1.54) is 6.07 Å². The zero-order valence-corrected chi connectivity index (χ0v) is 16.3. The van der Waals surface area contributed by atoms with Crippen molar-refractivity contribution in [2.45, 2.75) is 19.7 Å². The van der Waals surface area contributed by atoms with Crippen LogP contribution < -0.4 is 14.2 Å². The summed E-state index contributed by atoms with van der Waals surface area (Å²) in [6.45, 7) is -2.01. The van der Waals surface area contributed by atoms with Crippen LogP contribution in [-0.4, -0.2) is 42.9 Å². The zero-order chi connectivity index (χ0) is 20.8. The molecule has 0 aliphatic heterocycles. The number of nitrogens with zero attached hydrogens (tertiary/aromatic N) is 3. The van der Waals surface area contributed by atoms with Crippen LogP contribution in [0.25, 0.3) is 11.4 Å². The van der Waals surface area contributed by atoms with E-state index in [-0.39, 0.29) is 11.6 Å². The van der Waals surface area contributed by atoms with Crippen molar-refractivity contribution in [1.29, 1.82) is 0 Å². The number of ether oxygens (including phenoxy) is 3. The van der Waals surface area contributed by atoms with Gasteiger partial charge in [0, 0.05) is 18.2 Å². The van der Waals surface area contributed by atoms with Crippen LogP contribution in [-0.2, 0) is 13.1 Å². The van der Waals surface area contributed by atoms with E-state index in [9.17, 15) is 8.78 Å². The molecule has 7 nitrogen and oxygen atoms in total. The molecule has 0 saturated heterocycles. The number of hydrogen-bond donors (Lipinski definition) is 0. The van der Waals surface area contributed by atoms with Crippen LogP contribution in [0.5, 0.6) is 17.2 Å². The second kappa shape index (κ2) is 9.33. The van der Waals surface area contributed by atoms with Crippen molar-refractivity contribution in [3.05, 3.63) is 53.9 Å². The summed E-state index contributed by atoms with van der Waals surface area (Å²) >= 11 is 0. The van der Waals surface area contributed by atoms with Crippen LogP contribution in [0.1, 0.15) is 11.5 Å². The first kappa shape index (κ1) is 20.5. The molecule has 0 unspecified atom stereocenters. The lowest BCUT2D eigenvalue weighted by Crippen LogP contribution is -2.18. The number of aromatic nitrogens is 2. The largest absolute Gasteiger partial charge is 0.497 e. The highest BCUT2D eigenvalue weighted by Crippen LogP contribution is 2.29. The normalized spacial score (nSPS) is 11.1. The molecular weight excluding hydrogens is 384 g/mol. The van der Waals surface area contributed by atoms with Gasteiger partial charge in [-0.25, -0.2) is 0 Å². The lowest BCUT2D eigenvalue weighted by molar-refractivity contribution is -0.0494. The first-order chi connectivity index (χ1) is 14.0. The van der Waals surface area contributed by atoms with E-state index in [4.69, 9.17) is 14.0 Å². The predicted molar refractivity (Wildman–Crippen MR) is 101 cm³/mol. The van der Waals surface area contributed by atoms with Gasteiger partial charge in [-0.2, -0.15) is 13.8 Å². The summed E-state index contributed by atoms with van der Waals surface area (Å²) in [5.74, 6) is 1.94. The molecule has 0 radical (unpaired) electrons. The van der Waals surface area contributed by atoms with Crippen LogP contribution in [0.15, 0.2) is 47.0 Å². The van der Waals surface area contributed by atoms with Gasteiger partial charge in [0.1, 0.15) is 17.2 Å². The van der Waals surface area contributed by atoms with E-state index in [1.54, 1.807) is 32.4 Å². The fourth-order valence-electron chi connectivity index (χ4n) is 2.84. The third-order valence-corrected chi connectivity index (χ3v) is 4.15. The van der Waals surface area contributed by atoms with Crippen LogP contribution >= 0.6 is 0 Å². The Labute approximate surface area is 166 Å². The molecule has 1 heterocycles. The first-order valence-corrected chi connectivity index (χ1v) is 8.76. The molecule has 29 heavy (non-hydrogen) atoms. The quantitative estimate of drug-likeness (QED) is 0.533. The third kappa shape index (κ3) is 5.20. The van der Waals surface area contributed by atoms with Crippen molar-refractivity contribution in [1.82, 2.24) is 15.0 Å². The van der Waals surface area contributed by atoms with Crippen molar-refractivity contribution >= 4 is 0 Å². The van der Waals surface area contributed by atoms with Crippen molar-refractivity contribution in [3.63, 3.8) is 0 Å². The van der Waals surface area contributed by atoms with Gasteiger partial charge in [0.2, 0.25) is 11.7 Å². The Bertz CT molecular complexity index is 949. The number of halogens is 2. The topological polar surface area (TPSA) is 69.9 Å².